The Kier molecular flexibility index (Phi) is 3.44. The summed E-state index contributed by atoms with van der Waals surface area (Å²) in [6.45, 7) is 0. The second-order valence-corrected chi connectivity index (χ2v) is 3.82. The van der Waals surface area contributed by atoms with Crippen molar-refractivity contribution in [2.45, 2.75) is 0 Å². The summed E-state index contributed by atoms with van der Waals surface area (Å²) >= 11 is 5.60. The van der Waals surface area contributed by atoms with Crippen molar-refractivity contribution in [2.75, 3.05) is 17.7 Å². The first-order chi connectivity index (χ1) is 8.19. The van der Waals surface area contributed by atoms with Crippen LogP contribution in [0.5, 0.6) is 0 Å². The number of hydrogen-bond donors (Lipinski definition) is 2. The summed E-state index contributed by atoms with van der Waals surface area (Å²) in [5.41, 5.74) is 0.604. The number of benzene rings is 1. The fraction of sp³-hybridized carbons (Fsp3) is 0.0833. The minimum absolute atomic E-state index is 0.104. The molecule has 1 aromatic carbocycles. The quantitative estimate of drug-likeness (QED) is 0.874. The maximum absolute atomic E-state index is 13.2. The van der Waals surface area contributed by atoms with E-state index in [-0.39, 0.29) is 5.02 Å². The van der Waals surface area contributed by atoms with Gasteiger partial charge in [-0.3, -0.25) is 0 Å². The number of halogens is 2. The Hall–Kier alpha value is -1.81. The highest BCUT2D eigenvalue weighted by molar-refractivity contribution is 6.30. The molecule has 2 rings (SSSR count). The summed E-state index contributed by atoms with van der Waals surface area (Å²) in [6, 6.07) is 10.0. The lowest BCUT2D eigenvalue weighted by molar-refractivity contribution is 0.629. The molecule has 0 bridgehead atoms. The largest absolute Gasteiger partial charge is 0.373 e. The van der Waals surface area contributed by atoms with E-state index in [1.54, 1.807) is 19.2 Å². The summed E-state index contributed by atoms with van der Waals surface area (Å²) < 4.78 is 13.2. The molecular weight excluding hydrogens is 241 g/mol. The van der Waals surface area contributed by atoms with Crippen molar-refractivity contribution in [1.82, 2.24) is 4.98 Å². The third-order valence-electron chi connectivity index (χ3n) is 2.20. The highest BCUT2D eigenvalue weighted by atomic mass is 35.5. The number of nitrogens with one attached hydrogen (secondary N) is 2. The summed E-state index contributed by atoms with van der Waals surface area (Å²) in [6.07, 6.45) is 0. The zero-order chi connectivity index (χ0) is 12.3. The predicted octanol–water partition coefficient (Wildman–Crippen LogP) is 3.66. The van der Waals surface area contributed by atoms with Crippen LogP contribution in [0.25, 0.3) is 0 Å². The van der Waals surface area contributed by atoms with Gasteiger partial charge in [-0.1, -0.05) is 17.7 Å². The van der Waals surface area contributed by atoms with Gasteiger partial charge in [0.15, 0.2) is 0 Å². The number of pyridine rings is 1. The van der Waals surface area contributed by atoms with Crippen LogP contribution in [0.15, 0.2) is 36.4 Å². The van der Waals surface area contributed by atoms with Crippen LogP contribution in [-0.4, -0.2) is 12.0 Å². The lowest BCUT2D eigenvalue weighted by atomic mass is 10.3. The minimum atomic E-state index is -0.457. The Balaban J connectivity index is 2.22. The van der Waals surface area contributed by atoms with Crippen molar-refractivity contribution < 1.29 is 4.39 Å². The smallest absolute Gasteiger partial charge is 0.143 e. The van der Waals surface area contributed by atoms with Gasteiger partial charge in [0, 0.05) is 12.7 Å². The zero-order valence-electron chi connectivity index (χ0n) is 9.17. The van der Waals surface area contributed by atoms with Gasteiger partial charge in [0.25, 0.3) is 0 Å². The van der Waals surface area contributed by atoms with Crippen LogP contribution in [0.1, 0.15) is 0 Å². The molecule has 2 N–H and O–H groups in total. The lowest BCUT2D eigenvalue weighted by Crippen LogP contribution is -1.97. The normalized spacial score (nSPS) is 10.1. The molecule has 0 saturated carbocycles. The molecule has 0 aliphatic carbocycles. The fourth-order valence-electron chi connectivity index (χ4n) is 1.37. The molecule has 0 unspecified atom stereocenters. The van der Waals surface area contributed by atoms with Crippen LogP contribution in [0, 0.1) is 5.82 Å². The van der Waals surface area contributed by atoms with Gasteiger partial charge in [0.05, 0.1) is 5.02 Å². The standard InChI is InChI=1S/C12H11ClFN3/c1-15-11-3-2-4-12(17-11)16-8-5-6-9(13)10(14)7-8/h2-7H,1H3,(H2,15,16,17). The highest BCUT2D eigenvalue weighted by Gasteiger charge is 2.02. The van der Waals surface area contributed by atoms with Gasteiger partial charge >= 0.3 is 0 Å². The van der Waals surface area contributed by atoms with Crippen LogP contribution in [0.4, 0.5) is 21.7 Å². The van der Waals surface area contributed by atoms with Crippen molar-refractivity contribution in [2.24, 2.45) is 0 Å². The number of nitrogens with zero attached hydrogens (tertiary/aromatic N) is 1. The second-order valence-electron chi connectivity index (χ2n) is 3.41. The van der Waals surface area contributed by atoms with Gasteiger partial charge in [0.2, 0.25) is 0 Å². The van der Waals surface area contributed by atoms with E-state index in [0.29, 0.717) is 11.5 Å². The highest BCUT2D eigenvalue weighted by Crippen LogP contribution is 2.21. The summed E-state index contributed by atoms with van der Waals surface area (Å²) in [7, 11) is 1.79. The molecule has 0 aliphatic rings. The van der Waals surface area contributed by atoms with E-state index >= 15 is 0 Å². The zero-order valence-corrected chi connectivity index (χ0v) is 9.92. The molecule has 0 saturated heterocycles. The molecule has 5 heteroatoms. The van der Waals surface area contributed by atoms with Crippen LogP contribution < -0.4 is 10.6 Å². The van der Waals surface area contributed by atoms with E-state index in [2.05, 4.69) is 15.6 Å². The molecular formula is C12H11ClFN3. The van der Waals surface area contributed by atoms with Crippen molar-refractivity contribution in [3.63, 3.8) is 0 Å². The average Bonchev–Trinajstić information content (AvgIpc) is 2.34. The first-order valence-electron chi connectivity index (χ1n) is 5.06. The monoisotopic (exact) mass is 251 g/mol. The van der Waals surface area contributed by atoms with E-state index in [9.17, 15) is 4.39 Å². The van der Waals surface area contributed by atoms with Crippen molar-refractivity contribution in [1.29, 1.82) is 0 Å². The first-order valence-corrected chi connectivity index (χ1v) is 5.44. The summed E-state index contributed by atoms with van der Waals surface area (Å²) in [5.74, 6) is 0.921. The van der Waals surface area contributed by atoms with Crippen molar-refractivity contribution in [3.8, 4) is 0 Å². The minimum Gasteiger partial charge on any atom is -0.373 e. The third kappa shape index (κ3) is 2.85. The van der Waals surface area contributed by atoms with Gasteiger partial charge < -0.3 is 10.6 Å². The van der Waals surface area contributed by atoms with Crippen LogP contribution >= 0.6 is 11.6 Å². The number of anilines is 3. The molecule has 0 fully saturated rings. The van der Waals surface area contributed by atoms with Crippen molar-refractivity contribution >= 4 is 28.9 Å². The molecule has 88 valence electrons. The van der Waals surface area contributed by atoms with E-state index in [4.69, 9.17) is 11.6 Å². The molecule has 1 aromatic heterocycles. The molecule has 3 nitrogen and oxygen atoms in total. The summed E-state index contributed by atoms with van der Waals surface area (Å²) in [4.78, 5) is 4.26. The molecule has 0 aliphatic heterocycles. The number of rotatable bonds is 3. The molecule has 0 radical (unpaired) electrons. The van der Waals surface area contributed by atoms with E-state index in [1.807, 2.05) is 12.1 Å². The molecule has 2 aromatic rings. The third-order valence-corrected chi connectivity index (χ3v) is 2.50. The number of aromatic nitrogens is 1. The van der Waals surface area contributed by atoms with Gasteiger partial charge in [0.1, 0.15) is 17.5 Å². The Labute approximate surface area is 104 Å². The second kappa shape index (κ2) is 5.01. The van der Waals surface area contributed by atoms with Gasteiger partial charge in [-0.05, 0) is 30.3 Å². The fourth-order valence-corrected chi connectivity index (χ4v) is 1.48. The van der Waals surface area contributed by atoms with Crippen molar-refractivity contribution in [3.05, 3.63) is 47.2 Å². The van der Waals surface area contributed by atoms with E-state index < -0.39 is 5.82 Å². The van der Waals surface area contributed by atoms with Gasteiger partial charge in [-0.15, -0.1) is 0 Å². The molecule has 0 amide bonds. The number of hydrogen-bond acceptors (Lipinski definition) is 3. The van der Waals surface area contributed by atoms with Crippen LogP contribution in [0.2, 0.25) is 5.02 Å². The lowest BCUT2D eigenvalue weighted by Gasteiger charge is -2.07. The maximum atomic E-state index is 13.2. The van der Waals surface area contributed by atoms with Crippen LogP contribution in [0.3, 0.4) is 0 Å². The maximum Gasteiger partial charge on any atom is 0.143 e. The Morgan fingerprint density at radius 1 is 1.18 bits per heavy atom. The SMILES string of the molecule is CNc1cccc(Nc2ccc(Cl)c(F)c2)n1. The Morgan fingerprint density at radius 2 is 1.94 bits per heavy atom. The van der Waals surface area contributed by atoms with E-state index in [0.717, 1.165) is 5.82 Å². The topological polar surface area (TPSA) is 37.0 Å². The average molecular weight is 252 g/mol. The van der Waals surface area contributed by atoms with E-state index in [1.165, 1.54) is 12.1 Å². The predicted molar refractivity (Wildman–Crippen MR) is 68.5 cm³/mol. The first kappa shape index (κ1) is 11.7. The summed E-state index contributed by atoms with van der Waals surface area (Å²) in [5, 5.41) is 6.03. The van der Waals surface area contributed by atoms with Crippen LogP contribution in [-0.2, 0) is 0 Å². The van der Waals surface area contributed by atoms with Gasteiger partial charge in [-0.2, -0.15) is 0 Å². The Morgan fingerprint density at radius 3 is 2.65 bits per heavy atom. The Bertz CT molecular complexity index is 531. The van der Waals surface area contributed by atoms with Gasteiger partial charge in [-0.25, -0.2) is 9.37 Å². The molecule has 0 spiro atoms. The molecule has 0 atom stereocenters. The molecule has 17 heavy (non-hydrogen) atoms. The molecule has 1 heterocycles.